The fourth-order valence-electron chi connectivity index (χ4n) is 3.61. The van der Waals surface area contributed by atoms with Gasteiger partial charge in [0.15, 0.2) is 0 Å². The fourth-order valence-corrected chi connectivity index (χ4v) is 5.01. The smallest absolute Gasteiger partial charge is 0.323 e. The molecule has 0 amide bonds. The molecular weight excluding hydrogens is 620 g/mol. The van der Waals surface area contributed by atoms with E-state index in [1.165, 1.54) is 36.4 Å². The van der Waals surface area contributed by atoms with Crippen LogP contribution in [0.2, 0.25) is 0 Å². The fraction of sp³-hybridized carbons (Fsp3) is 0.167. The monoisotopic (exact) mass is 644 g/mol. The van der Waals surface area contributed by atoms with Gasteiger partial charge >= 0.3 is 12.0 Å². The van der Waals surface area contributed by atoms with E-state index in [0.717, 1.165) is 12.1 Å². The number of nitrogens with zero attached hydrogens (tertiary/aromatic N) is 6. The summed E-state index contributed by atoms with van der Waals surface area (Å²) in [6.45, 7) is 3.91. The van der Waals surface area contributed by atoms with Crippen molar-refractivity contribution >= 4 is 67.6 Å². The normalized spacial score (nSPS) is 11.8. The van der Waals surface area contributed by atoms with Crippen LogP contribution in [0.1, 0.15) is 25.0 Å². The van der Waals surface area contributed by atoms with Gasteiger partial charge in [0.05, 0.1) is 23.0 Å². The van der Waals surface area contributed by atoms with Crippen LogP contribution in [-0.4, -0.2) is 69.1 Å². The van der Waals surface area contributed by atoms with Crippen LogP contribution in [0.4, 0.5) is 35.2 Å². The number of rotatable bonds is 12. The molecule has 0 atom stereocenters. The van der Waals surface area contributed by atoms with Gasteiger partial charge in [-0.1, -0.05) is 24.3 Å². The van der Waals surface area contributed by atoms with Crippen molar-refractivity contribution < 1.29 is 35.4 Å². The second-order valence-corrected chi connectivity index (χ2v) is 11.2. The molecule has 0 radical (unpaired) electrons. The lowest BCUT2D eigenvalue weighted by Crippen LogP contribution is -2.08. The number of nitrogen functional groups attached to an aromatic ring is 2. The van der Waals surface area contributed by atoms with Crippen molar-refractivity contribution in [2.24, 2.45) is 0 Å². The predicted molar refractivity (Wildman–Crippen MR) is 155 cm³/mol. The average Bonchev–Trinajstić information content (AvgIpc) is 2.91. The summed E-state index contributed by atoms with van der Waals surface area (Å²) in [5, 5.41) is 5.44. The lowest BCUT2D eigenvalue weighted by Gasteiger charge is -2.15. The van der Waals surface area contributed by atoms with Crippen LogP contribution < -0.4 is 31.6 Å². The first kappa shape index (κ1) is 31.7. The second kappa shape index (κ2) is 13.0. The standard InChI is InChI=1S/C24H26N10O8S2/c1-3-41-23-31-19(25)29-21(33-23)27-15-9-7-13(17(11-15)43(35,36)37)5-6-14-8-10-16(12-18(14)44(38,39)40)28-22-30-20(26)32-24(34-22)42-4-2/h5-12H,3-4H2,1-2H3,(H,35,36,37)(H,38,39,40)(H3,25,27,29,31,33)(H3,26,28,30,32,34)/p-2/b6-5+. The Hall–Kier alpha value is -5.18. The molecule has 2 aromatic heterocycles. The van der Waals surface area contributed by atoms with Crippen molar-refractivity contribution in [3.8, 4) is 12.0 Å². The molecule has 2 heterocycles. The zero-order valence-corrected chi connectivity index (χ0v) is 24.6. The van der Waals surface area contributed by atoms with E-state index in [2.05, 4.69) is 40.5 Å². The first-order valence-corrected chi connectivity index (χ1v) is 15.3. The van der Waals surface area contributed by atoms with Crippen molar-refractivity contribution in [1.29, 1.82) is 0 Å². The van der Waals surface area contributed by atoms with E-state index in [1.807, 2.05) is 0 Å². The number of hydrogen-bond donors (Lipinski definition) is 4. The molecule has 0 aliphatic rings. The SMILES string of the molecule is CCOc1nc(N)nc(Nc2ccc(/C=C/c3ccc(Nc4nc(N)nc(OCC)n4)cc3S(=O)(=O)[O-])c(S(=O)(=O)[O-])c2)n1. The largest absolute Gasteiger partial charge is 0.744 e. The first-order valence-electron chi connectivity index (χ1n) is 12.5. The quantitative estimate of drug-likeness (QED) is 0.125. The molecule has 18 nitrogen and oxygen atoms in total. The molecule has 0 spiro atoms. The van der Waals surface area contributed by atoms with Gasteiger partial charge in [-0.25, -0.2) is 16.8 Å². The minimum Gasteiger partial charge on any atom is -0.744 e. The molecule has 2 aromatic carbocycles. The molecule has 0 fully saturated rings. The maximum Gasteiger partial charge on any atom is 0.323 e. The summed E-state index contributed by atoms with van der Waals surface area (Å²) >= 11 is 0. The van der Waals surface area contributed by atoms with Gasteiger partial charge in [-0.3, -0.25) is 0 Å². The van der Waals surface area contributed by atoms with Crippen molar-refractivity contribution in [3.05, 3.63) is 47.5 Å². The van der Waals surface area contributed by atoms with Gasteiger partial charge in [-0.05, 0) is 49.2 Å². The van der Waals surface area contributed by atoms with Gasteiger partial charge < -0.3 is 40.7 Å². The summed E-state index contributed by atoms with van der Waals surface area (Å²) in [5.41, 5.74) is 11.3. The zero-order chi connectivity index (χ0) is 32.1. The summed E-state index contributed by atoms with van der Waals surface area (Å²) in [6, 6.07) is 7.27. The maximum absolute atomic E-state index is 12.1. The number of benzene rings is 2. The average molecular weight is 645 g/mol. The Morgan fingerprint density at radius 2 is 1.07 bits per heavy atom. The van der Waals surface area contributed by atoms with Crippen LogP contribution >= 0.6 is 0 Å². The Kier molecular flexibility index (Phi) is 9.37. The van der Waals surface area contributed by atoms with Gasteiger partial charge in [0.2, 0.25) is 23.8 Å². The molecule has 0 unspecified atom stereocenters. The van der Waals surface area contributed by atoms with E-state index < -0.39 is 30.0 Å². The van der Waals surface area contributed by atoms with Gasteiger partial charge in [0.1, 0.15) is 20.2 Å². The molecular formula is C24H24N10O8S2-2. The Balaban J connectivity index is 1.66. The first-order chi connectivity index (χ1) is 20.7. The van der Waals surface area contributed by atoms with E-state index in [0.29, 0.717) is 0 Å². The number of aromatic nitrogens is 6. The molecule has 0 aliphatic carbocycles. The topological polar surface area (TPSA) is 286 Å². The minimum atomic E-state index is -5.04. The molecule has 0 saturated heterocycles. The Labute approximate surface area is 251 Å². The van der Waals surface area contributed by atoms with E-state index in [1.54, 1.807) is 13.8 Å². The highest BCUT2D eigenvalue weighted by atomic mass is 32.2. The number of ether oxygens (including phenoxy) is 2. The lowest BCUT2D eigenvalue weighted by molar-refractivity contribution is 0.312. The van der Waals surface area contributed by atoms with Crippen molar-refractivity contribution in [2.45, 2.75) is 23.6 Å². The number of anilines is 6. The molecule has 44 heavy (non-hydrogen) atoms. The van der Waals surface area contributed by atoms with Crippen molar-refractivity contribution in [1.82, 2.24) is 29.9 Å². The van der Waals surface area contributed by atoms with Crippen molar-refractivity contribution in [2.75, 3.05) is 35.3 Å². The molecule has 4 aromatic rings. The molecule has 232 valence electrons. The summed E-state index contributed by atoms with van der Waals surface area (Å²) in [4.78, 5) is 22.1. The number of nitrogens with one attached hydrogen (secondary N) is 2. The van der Waals surface area contributed by atoms with Crippen LogP contribution in [0.25, 0.3) is 12.2 Å². The molecule has 0 bridgehead atoms. The summed E-state index contributed by atoms with van der Waals surface area (Å²) in [7, 11) is -10.1. The third-order valence-corrected chi connectivity index (χ3v) is 7.12. The lowest BCUT2D eigenvalue weighted by atomic mass is 10.1. The van der Waals surface area contributed by atoms with Gasteiger partial charge in [0.25, 0.3) is 0 Å². The third kappa shape index (κ3) is 8.22. The van der Waals surface area contributed by atoms with Crippen LogP contribution in [0.3, 0.4) is 0 Å². The molecule has 4 rings (SSSR count). The van der Waals surface area contributed by atoms with Gasteiger partial charge in [0, 0.05) is 11.4 Å². The Morgan fingerprint density at radius 1 is 0.682 bits per heavy atom. The maximum atomic E-state index is 12.1. The summed E-state index contributed by atoms with van der Waals surface area (Å²) in [5.74, 6) is -0.488. The second-order valence-electron chi connectivity index (χ2n) is 8.46. The number of hydrogen-bond acceptors (Lipinski definition) is 18. The summed E-state index contributed by atoms with van der Waals surface area (Å²) in [6.07, 6.45) is 2.33. The third-order valence-electron chi connectivity index (χ3n) is 5.33. The predicted octanol–water partition coefficient (Wildman–Crippen LogP) is 1.48. The van der Waals surface area contributed by atoms with Crippen LogP contribution in [0.5, 0.6) is 12.0 Å². The zero-order valence-electron chi connectivity index (χ0n) is 23.0. The molecule has 0 saturated carbocycles. The van der Waals surface area contributed by atoms with Crippen molar-refractivity contribution in [3.63, 3.8) is 0 Å². The highest BCUT2D eigenvalue weighted by Gasteiger charge is 2.14. The van der Waals surface area contributed by atoms with E-state index in [-0.39, 0.29) is 71.5 Å². The molecule has 20 heteroatoms. The van der Waals surface area contributed by atoms with Crippen LogP contribution in [-0.2, 0) is 20.2 Å². The molecule has 0 aliphatic heterocycles. The van der Waals surface area contributed by atoms with E-state index in [9.17, 15) is 25.9 Å². The van der Waals surface area contributed by atoms with Gasteiger partial charge in [-0.15, -0.1) is 0 Å². The van der Waals surface area contributed by atoms with E-state index >= 15 is 0 Å². The Morgan fingerprint density at radius 3 is 1.41 bits per heavy atom. The van der Waals surface area contributed by atoms with Gasteiger partial charge in [-0.2, -0.15) is 29.9 Å². The minimum absolute atomic E-state index is 0.0724. The molecule has 6 N–H and O–H groups in total. The van der Waals surface area contributed by atoms with E-state index in [4.69, 9.17) is 20.9 Å². The van der Waals surface area contributed by atoms with Crippen LogP contribution in [0, 0.1) is 0 Å². The number of nitrogens with two attached hydrogens (primary N) is 2. The highest BCUT2D eigenvalue weighted by Crippen LogP contribution is 2.28. The van der Waals surface area contributed by atoms with Crippen LogP contribution in [0.15, 0.2) is 46.2 Å². The highest BCUT2D eigenvalue weighted by molar-refractivity contribution is 7.86. The summed E-state index contributed by atoms with van der Waals surface area (Å²) < 4.78 is 83.1. The Bertz CT molecular complexity index is 1800.